The molecule has 1 aliphatic rings. The second-order valence-electron chi connectivity index (χ2n) is 8.01. The second kappa shape index (κ2) is 11.8. The van der Waals surface area contributed by atoms with Gasteiger partial charge in [-0.1, -0.05) is 29.8 Å². The number of rotatable bonds is 7. The molecule has 0 radical (unpaired) electrons. The first kappa shape index (κ1) is 24.7. The molecule has 176 valence electrons. The minimum Gasteiger partial charge on any atom is -0.339 e. The molecule has 3 rings (SSSR count). The van der Waals surface area contributed by atoms with Gasteiger partial charge in [0.25, 0.3) is 11.8 Å². The van der Waals surface area contributed by atoms with Crippen molar-refractivity contribution in [1.82, 2.24) is 14.7 Å². The lowest BCUT2D eigenvalue weighted by molar-refractivity contribution is -0.117. The number of anilines is 1. The van der Waals surface area contributed by atoms with E-state index in [4.69, 9.17) is 11.6 Å². The van der Waals surface area contributed by atoms with E-state index in [1.165, 1.54) is 0 Å². The second-order valence-corrected chi connectivity index (χ2v) is 8.42. The summed E-state index contributed by atoms with van der Waals surface area (Å²) in [6.45, 7) is 7.86. The van der Waals surface area contributed by atoms with Crippen LogP contribution in [0.5, 0.6) is 0 Å². The Hall–Kier alpha value is -2.90. The third-order valence-electron chi connectivity index (χ3n) is 5.79. The van der Waals surface area contributed by atoms with Crippen molar-refractivity contribution in [1.29, 1.82) is 0 Å². The van der Waals surface area contributed by atoms with Crippen LogP contribution in [-0.2, 0) is 4.79 Å². The molecule has 0 bridgehead atoms. The van der Waals surface area contributed by atoms with Crippen molar-refractivity contribution >= 4 is 35.0 Å². The first-order valence-corrected chi connectivity index (χ1v) is 11.8. The Labute approximate surface area is 200 Å². The van der Waals surface area contributed by atoms with Crippen LogP contribution in [0.3, 0.4) is 0 Å². The zero-order valence-electron chi connectivity index (χ0n) is 19.2. The summed E-state index contributed by atoms with van der Waals surface area (Å²) in [5, 5.41) is 3.35. The van der Waals surface area contributed by atoms with Crippen LogP contribution >= 0.6 is 11.6 Å². The lowest BCUT2D eigenvalue weighted by Gasteiger charge is -2.22. The quantitative estimate of drug-likeness (QED) is 0.671. The van der Waals surface area contributed by atoms with E-state index in [0.29, 0.717) is 54.6 Å². The Balaban J connectivity index is 1.55. The largest absolute Gasteiger partial charge is 0.339 e. The highest BCUT2D eigenvalue weighted by atomic mass is 35.5. The monoisotopic (exact) mass is 470 g/mol. The molecular formula is C25H31ClN4O3. The molecule has 3 amide bonds. The van der Waals surface area contributed by atoms with Crippen molar-refractivity contribution in [3.63, 3.8) is 0 Å². The van der Waals surface area contributed by atoms with Crippen LogP contribution in [0.25, 0.3) is 0 Å². The standard InChI is InChI=1S/C25H31ClN4O3/c1-3-29(4-2)24(32)19-9-7-10-20(17-19)27-23(31)18-28-13-8-14-30(16-15-28)25(33)21-11-5-6-12-22(21)26/h5-7,9-12,17H,3-4,8,13-16,18H2,1-2H3,(H,27,31). The molecule has 1 saturated heterocycles. The minimum atomic E-state index is -0.145. The maximum Gasteiger partial charge on any atom is 0.255 e. The molecular weight excluding hydrogens is 440 g/mol. The first-order valence-electron chi connectivity index (χ1n) is 11.4. The van der Waals surface area contributed by atoms with Crippen molar-refractivity contribution in [2.24, 2.45) is 0 Å². The highest BCUT2D eigenvalue weighted by Crippen LogP contribution is 2.18. The molecule has 2 aromatic carbocycles. The molecule has 8 heteroatoms. The van der Waals surface area contributed by atoms with Crippen molar-refractivity contribution < 1.29 is 14.4 Å². The molecule has 0 spiro atoms. The van der Waals surface area contributed by atoms with Crippen molar-refractivity contribution in [2.75, 3.05) is 51.1 Å². The SMILES string of the molecule is CCN(CC)C(=O)c1cccc(NC(=O)CN2CCCN(C(=O)c3ccccc3Cl)CC2)c1. The van der Waals surface area contributed by atoms with E-state index in [0.717, 1.165) is 13.0 Å². The van der Waals surface area contributed by atoms with Gasteiger partial charge in [-0.05, 0) is 50.6 Å². The number of hydrogen-bond acceptors (Lipinski definition) is 4. The highest BCUT2D eigenvalue weighted by Gasteiger charge is 2.23. The fraction of sp³-hybridized carbons (Fsp3) is 0.400. The van der Waals surface area contributed by atoms with Gasteiger partial charge < -0.3 is 15.1 Å². The molecule has 33 heavy (non-hydrogen) atoms. The van der Waals surface area contributed by atoms with Gasteiger partial charge in [0.2, 0.25) is 5.91 Å². The van der Waals surface area contributed by atoms with Crippen LogP contribution in [0.1, 0.15) is 41.0 Å². The molecule has 0 unspecified atom stereocenters. The smallest absolute Gasteiger partial charge is 0.255 e. The van der Waals surface area contributed by atoms with Crippen molar-refractivity contribution in [3.05, 3.63) is 64.7 Å². The average Bonchev–Trinajstić information content (AvgIpc) is 3.05. The van der Waals surface area contributed by atoms with Crippen molar-refractivity contribution in [3.8, 4) is 0 Å². The summed E-state index contributed by atoms with van der Waals surface area (Å²) >= 11 is 6.18. The number of carbonyl (C=O) groups excluding carboxylic acids is 3. The molecule has 0 atom stereocenters. The zero-order chi connectivity index (χ0) is 23.8. The molecule has 1 N–H and O–H groups in total. The van der Waals surface area contributed by atoms with E-state index in [1.54, 1.807) is 58.3 Å². The van der Waals surface area contributed by atoms with Gasteiger partial charge in [0.15, 0.2) is 0 Å². The maximum absolute atomic E-state index is 12.8. The number of halogens is 1. The number of benzene rings is 2. The van der Waals surface area contributed by atoms with Gasteiger partial charge in [-0.3, -0.25) is 19.3 Å². The lowest BCUT2D eigenvalue weighted by Crippen LogP contribution is -2.38. The maximum atomic E-state index is 12.8. The van der Waals surface area contributed by atoms with Crippen molar-refractivity contribution in [2.45, 2.75) is 20.3 Å². The Kier molecular flexibility index (Phi) is 8.86. The average molecular weight is 471 g/mol. The van der Waals surface area contributed by atoms with Gasteiger partial charge in [0.05, 0.1) is 17.1 Å². The van der Waals surface area contributed by atoms with Gasteiger partial charge in [0, 0.05) is 50.5 Å². The molecule has 1 aliphatic heterocycles. The fourth-order valence-corrected chi connectivity index (χ4v) is 4.18. The van der Waals surface area contributed by atoms with E-state index in [9.17, 15) is 14.4 Å². The van der Waals surface area contributed by atoms with Gasteiger partial charge in [-0.15, -0.1) is 0 Å². The van der Waals surface area contributed by atoms with Gasteiger partial charge in [0.1, 0.15) is 0 Å². The summed E-state index contributed by atoms with van der Waals surface area (Å²) in [6, 6.07) is 14.1. The third kappa shape index (κ3) is 6.55. The number of nitrogens with zero attached hydrogens (tertiary/aromatic N) is 3. The molecule has 1 fully saturated rings. The summed E-state index contributed by atoms with van der Waals surface area (Å²) in [5.74, 6) is -0.276. The number of nitrogens with one attached hydrogen (secondary N) is 1. The van der Waals surface area contributed by atoms with Gasteiger partial charge in [-0.2, -0.15) is 0 Å². The predicted octanol–water partition coefficient (Wildman–Crippen LogP) is 3.61. The predicted molar refractivity (Wildman–Crippen MR) is 131 cm³/mol. The normalized spacial score (nSPS) is 14.5. The highest BCUT2D eigenvalue weighted by molar-refractivity contribution is 6.33. The number of carbonyl (C=O) groups is 3. The Morgan fingerprint density at radius 1 is 0.970 bits per heavy atom. The Morgan fingerprint density at radius 3 is 2.45 bits per heavy atom. The third-order valence-corrected chi connectivity index (χ3v) is 6.12. The Bertz CT molecular complexity index is 993. The van der Waals surface area contributed by atoms with Gasteiger partial charge in [-0.25, -0.2) is 0 Å². The van der Waals surface area contributed by atoms with Crippen LogP contribution in [0.4, 0.5) is 5.69 Å². The summed E-state index contributed by atoms with van der Waals surface area (Å²) < 4.78 is 0. The minimum absolute atomic E-state index is 0.0492. The van der Waals surface area contributed by atoms with E-state index >= 15 is 0 Å². The first-order chi connectivity index (χ1) is 15.9. The lowest BCUT2D eigenvalue weighted by atomic mass is 10.1. The van der Waals surface area contributed by atoms with Crippen LogP contribution in [0.2, 0.25) is 5.02 Å². The topological polar surface area (TPSA) is 73.0 Å². The molecule has 7 nitrogen and oxygen atoms in total. The molecule has 0 aliphatic carbocycles. The zero-order valence-corrected chi connectivity index (χ0v) is 20.0. The Morgan fingerprint density at radius 2 is 1.73 bits per heavy atom. The van der Waals surface area contributed by atoms with E-state index in [2.05, 4.69) is 5.32 Å². The van der Waals surface area contributed by atoms with Crippen LogP contribution in [0.15, 0.2) is 48.5 Å². The molecule has 2 aromatic rings. The number of hydrogen-bond donors (Lipinski definition) is 1. The summed E-state index contributed by atoms with van der Waals surface area (Å²) in [4.78, 5) is 43.6. The van der Waals surface area contributed by atoms with Gasteiger partial charge >= 0.3 is 0 Å². The summed E-state index contributed by atoms with van der Waals surface area (Å²) in [6.07, 6.45) is 0.775. The molecule has 0 aromatic heterocycles. The fourth-order valence-electron chi connectivity index (χ4n) is 3.96. The van der Waals surface area contributed by atoms with Crippen LogP contribution < -0.4 is 5.32 Å². The van der Waals surface area contributed by atoms with E-state index in [1.807, 2.05) is 18.7 Å². The summed E-state index contributed by atoms with van der Waals surface area (Å²) in [7, 11) is 0. The van der Waals surface area contributed by atoms with Crippen LogP contribution in [-0.4, -0.2) is 78.2 Å². The van der Waals surface area contributed by atoms with E-state index < -0.39 is 0 Å². The molecule has 1 heterocycles. The van der Waals surface area contributed by atoms with Crippen LogP contribution in [0, 0.1) is 0 Å². The summed E-state index contributed by atoms with van der Waals surface area (Å²) in [5.41, 5.74) is 1.66. The molecule has 0 saturated carbocycles. The number of amides is 3. The van der Waals surface area contributed by atoms with E-state index in [-0.39, 0.29) is 24.3 Å².